The van der Waals surface area contributed by atoms with Crippen LogP contribution >= 0.6 is 11.3 Å². The molecule has 1 aromatic heterocycles. The Labute approximate surface area is 184 Å². The van der Waals surface area contributed by atoms with Crippen LogP contribution in [0.1, 0.15) is 16.1 Å². The van der Waals surface area contributed by atoms with Gasteiger partial charge in [-0.25, -0.2) is 4.98 Å². The van der Waals surface area contributed by atoms with E-state index in [1.165, 1.54) is 25.6 Å². The first kappa shape index (κ1) is 22.1. The first-order valence-electron chi connectivity index (χ1n) is 9.44. The topological polar surface area (TPSA) is 92.8 Å². The fourth-order valence-electron chi connectivity index (χ4n) is 2.77. The van der Waals surface area contributed by atoms with E-state index in [1.54, 1.807) is 23.6 Å². The van der Waals surface area contributed by atoms with Crippen molar-refractivity contribution in [2.75, 3.05) is 43.8 Å². The SMILES string of the molecule is COc1cc(OC)cc(C(=O)Nc2nc(CC(=O)Nc3ccc(N(C)C)cc3)cs2)c1. The highest BCUT2D eigenvalue weighted by molar-refractivity contribution is 7.14. The maximum Gasteiger partial charge on any atom is 0.257 e. The fourth-order valence-corrected chi connectivity index (χ4v) is 3.47. The third-order valence-corrected chi connectivity index (χ3v) is 5.20. The highest BCUT2D eigenvalue weighted by Crippen LogP contribution is 2.24. The van der Waals surface area contributed by atoms with Gasteiger partial charge in [0.25, 0.3) is 5.91 Å². The van der Waals surface area contributed by atoms with Crippen LogP contribution in [0.5, 0.6) is 11.5 Å². The molecular formula is C22H24N4O4S. The summed E-state index contributed by atoms with van der Waals surface area (Å²) in [4.78, 5) is 31.2. The molecule has 0 aliphatic rings. The second kappa shape index (κ2) is 9.94. The molecule has 1 heterocycles. The molecule has 0 aliphatic heterocycles. The smallest absolute Gasteiger partial charge is 0.257 e. The summed E-state index contributed by atoms with van der Waals surface area (Å²) in [7, 11) is 6.95. The quantitative estimate of drug-likeness (QED) is 0.555. The molecule has 8 nitrogen and oxygen atoms in total. The molecular weight excluding hydrogens is 416 g/mol. The molecule has 0 unspecified atom stereocenters. The van der Waals surface area contributed by atoms with E-state index in [1.807, 2.05) is 43.3 Å². The second-order valence-electron chi connectivity index (χ2n) is 6.87. The lowest BCUT2D eigenvalue weighted by molar-refractivity contribution is -0.115. The summed E-state index contributed by atoms with van der Waals surface area (Å²) < 4.78 is 10.4. The molecule has 0 saturated heterocycles. The summed E-state index contributed by atoms with van der Waals surface area (Å²) in [6.07, 6.45) is 0.106. The molecule has 0 aliphatic carbocycles. The zero-order chi connectivity index (χ0) is 22.4. The minimum atomic E-state index is -0.344. The van der Waals surface area contributed by atoms with Crippen LogP contribution in [0.2, 0.25) is 0 Å². The number of nitrogens with zero attached hydrogens (tertiary/aromatic N) is 2. The minimum absolute atomic E-state index is 0.106. The van der Waals surface area contributed by atoms with Gasteiger partial charge < -0.3 is 19.7 Å². The number of amides is 2. The first-order chi connectivity index (χ1) is 14.9. The first-order valence-corrected chi connectivity index (χ1v) is 10.3. The van der Waals surface area contributed by atoms with Crippen LogP contribution in [-0.4, -0.2) is 45.1 Å². The number of rotatable bonds is 8. The zero-order valence-corrected chi connectivity index (χ0v) is 18.6. The molecule has 162 valence electrons. The Bertz CT molecular complexity index is 1040. The monoisotopic (exact) mass is 440 g/mol. The number of anilines is 3. The number of methoxy groups -OCH3 is 2. The van der Waals surface area contributed by atoms with Gasteiger partial charge in [0.1, 0.15) is 11.5 Å². The summed E-state index contributed by atoms with van der Waals surface area (Å²) in [6, 6.07) is 12.5. The van der Waals surface area contributed by atoms with E-state index in [9.17, 15) is 9.59 Å². The van der Waals surface area contributed by atoms with Crippen molar-refractivity contribution in [1.29, 1.82) is 0 Å². The Balaban J connectivity index is 1.59. The van der Waals surface area contributed by atoms with Gasteiger partial charge in [0.05, 0.1) is 26.3 Å². The molecule has 3 aromatic rings. The van der Waals surface area contributed by atoms with E-state index >= 15 is 0 Å². The lowest BCUT2D eigenvalue weighted by Crippen LogP contribution is -2.15. The summed E-state index contributed by atoms with van der Waals surface area (Å²) in [5, 5.41) is 7.75. The van der Waals surface area contributed by atoms with Crippen molar-refractivity contribution in [3.63, 3.8) is 0 Å². The summed E-state index contributed by atoms with van der Waals surface area (Å²) >= 11 is 1.25. The number of hydrogen-bond acceptors (Lipinski definition) is 7. The van der Waals surface area contributed by atoms with Gasteiger partial charge in [-0.15, -0.1) is 11.3 Å². The molecule has 31 heavy (non-hydrogen) atoms. The highest BCUT2D eigenvalue weighted by Gasteiger charge is 2.14. The van der Waals surface area contributed by atoms with Crippen LogP contribution in [0.25, 0.3) is 0 Å². The maximum absolute atomic E-state index is 12.6. The van der Waals surface area contributed by atoms with Crippen molar-refractivity contribution in [2.45, 2.75) is 6.42 Å². The molecule has 0 radical (unpaired) electrons. The Morgan fingerprint density at radius 1 is 1.00 bits per heavy atom. The fraction of sp³-hybridized carbons (Fsp3) is 0.227. The molecule has 3 rings (SSSR count). The molecule has 0 spiro atoms. The van der Waals surface area contributed by atoms with Gasteiger partial charge >= 0.3 is 0 Å². The Kier molecular flexibility index (Phi) is 7.09. The number of ether oxygens (including phenoxy) is 2. The molecule has 9 heteroatoms. The van der Waals surface area contributed by atoms with E-state index in [0.29, 0.717) is 33.6 Å². The largest absolute Gasteiger partial charge is 0.497 e. The van der Waals surface area contributed by atoms with Crippen molar-refractivity contribution in [3.8, 4) is 11.5 Å². The number of nitrogens with one attached hydrogen (secondary N) is 2. The Hall–Kier alpha value is -3.59. The van der Waals surface area contributed by atoms with Gasteiger partial charge in [0.15, 0.2) is 5.13 Å². The Morgan fingerprint density at radius 2 is 1.65 bits per heavy atom. The molecule has 2 amide bonds. The zero-order valence-electron chi connectivity index (χ0n) is 17.8. The van der Waals surface area contributed by atoms with Crippen LogP contribution in [0, 0.1) is 0 Å². The third-order valence-electron chi connectivity index (χ3n) is 4.39. The van der Waals surface area contributed by atoms with Crippen LogP contribution in [-0.2, 0) is 11.2 Å². The van der Waals surface area contributed by atoms with Crippen molar-refractivity contribution in [2.24, 2.45) is 0 Å². The number of carbonyl (C=O) groups is 2. The Morgan fingerprint density at radius 3 is 2.23 bits per heavy atom. The van der Waals surface area contributed by atoms with E-state index in [-0.39, 0.29) is 18.2 Å². The van der Waals surface area contributed by atoms with Crippen LogP contribution in [0.4, 0.5) is 16.5 Å². The van der Waals surface area contributed by atoms with Crippen LogP contribution in [0.3, 0.4) is 0 Å². The summed E-state index contributed by atoms with van der Waals surface area (Å²) in [6.45, 7) is 0. The van der Waals surface area contributed by atoms with Crippen molar-refractivity contribution in [3.05, 3.63) is 59.1 Å². The van der Waals surface area contributed by atoms with E-state index in [0.717, 1.165) is 5.69 Å². The molecule has 2 N–H and O–H groups in total. The number of carbonyl (C=O) groups excluding carboxylic acids is 2. The van der Waals surface area contributed by atoms with Gasteiger partial charge in [-0.3, -0.25) is 14.9 Å². The molecule has 0 fully saturated rings. The number of benzene rings is 2. The standard InChI is InChI=1S/C22H24N4O4S/c1-26(2)17-7-5-15(6-8-17)23-20(27)11-16-13-31-22(24-16)25-21(28)14-9-18(29-3)12-19(10-14)30-4/h5-10,12-13H,11H2,1-4H3,(H,23,27)(H,24,25,28). The van der Waals surface area contributed by atoms with E-state index < -0.39 is 0 Å². The molecule has 0 bridgehead atoms. The van der Waals surface area contributed by atoms with Crippen LogP contribution in [0.15, 0.2) is 47.8 Å². The number of hydrogen-bond donors (Lipinski definition) is 2. The molecule has 2 aromatic carbocycles. The van der Waals surface area contributed by atoms with Gasteiger partial charge in [0, 0.05) is 42.5 Å². The summed E-state index contributed by atoms with van der Waals surface area (Å²) in [5.41, 5.74) is 2.72. The van der Waals surface area contributed by atoms with Gasteiger partial charge in [-0.1, -0.05) is 0 Å². The van der Waals surface area contributed by atoms with Crippen molar-refractivity contribution >= 4 is 39.7 Å². The lowest BCUT2D eigenvalue weighted by Gasteiger charge is -2.12. The van der Waals surface area contributed by atoms with Crippen LogP contribution < -0.4 is 25.0 Å². The maximum atomic E-state index is 12.6. The molecule has 0 saturated carbocycles. The van der Waals surface area contributed by atoms with Gasteiger partial charge in [-0.2, -0.15) is 0 Å². The van der Waals surface area contributed by atoms with Gasteiger partial charge in [-0.05, 0) is 36.4 Å². The number of thiazole rings is 1. The van der Waals surface area contributed by atoms with Crippen molar-refractivity contribution < 1.29 is 19.1 Å². The average Bonchev–Trinajstić information content (AvgIpc) is 3.19. The van der Waals surface area contributed by atoms with Gasteiger partial charge in [0.2, 0.25) is 5.91 Å². The summed E-state index contributed by atoms with van der Waals surface area (Å²) in [5.74, 6) is 0.501. The average molecular weight is 441 g/mol. The lowest BCUT2D eigenvalue weighted by atomic mass is 10.2. The number of aromatic nitrogens is 1. The highest BCUT2D eigenvalue weighted by atomic mass is 32.1. The normalized spacial score (nSPS) is 10.3. The van der Waals surface area contributed by atoms with Crippen molar-refractivity contribution in [1.82, 2.24) is 4.98 Å². The predicted molar refractivity (Wildman–Crippen MR) is 123 cm³/mol. The molecule has 0 atom stereocenters. The van der Waals surface area contributed by atoms with E-state index in [4.69, 9.17) is 9.47 Å². The minimum Gasteiger partial charge on any atom is -0.497 e. The predicted octanol–water partition coefficient (Wildman–Crippen LogP) is 3.66. The third kappa shape index (κ3) is 5.95. The second-order valence-corrected chi connectivity index (χ2v) is 7.72. The van der Waals surface area contributed by atoms with E-state index in [2.05, 4.69) is 15.6 Å².